The van der Waals surface area contributed by atoms with Crippen molar-refractivity contribution in [2.75, 3.05) is 0 Å². The molecule has 0 aliphatic heterocycles. The molecule has 1 rings (SSSR count). The van der Waals surface area contributed by atoms with E-state index in [9.17, 15) is 4.79 Å². The van der Waals surface area contributed by atoms with E-state index in [1.165, 1.54) is 16.1 Å². The van der Waals surface area contributed by atoms with Crippen molar-refractivity contribution < 1.29 is 7.87 Å². The molecule has 0 N–H and O–H groups in total. The maximum atomic E-state index is 10.5. The van der Waals surface area contributed by atoms with Crippen LogP contribution in [0.2, 0.25) is 0 Å². The van der Waals surface area contributed by atoms with E-state index in [4.69, 9.17) is 3.07 Å². The van der Waals surface area contributed by atoms with Crippen LogP contribution in [0.5, 0.6) is 0 Å². The van der Waals surface area contributed by atoms with Crippen molar-refractivity contribution in [2.24, 2.45) is 0 Å². The van der Waals surface area contributed by atoms with Gasteiger partial charge < -0.3 is 0 Å². The SMILES string of the molecule is CC(=O)[O][Sn][CH2]c1ccc(I)cc1. The fourth-order valence-corrected chi connectivity index (χ4v) is 3.12. The van der Waals surface area contributed by atoms with Gasteiger partial charge in [0, 0.05) is 0 Å². The molecule has 0 aliphatic carbocycles. The molecule has 2 radical (unpaired) electrons. The molecule has 13 heavy (non-hydrogen) atoms. The molecule has 0 aromatic heterocycles. The van der Waals surface area contributed by atoms with Crippen LogP contribution in [0.3, 0.4) is 0 Å². The van der Waals surface area contributed by atoms with Gasteiger partial charge in [-0.15, -0.1) is 0 Å². The number of hydrogen-bond acceptors (Lipinski definition) is 2. The summed E-state index contributed by atoms with van der Waals surface area (Å²) in [5, 5.41) is 0. The van der Waals surface area contributed by atoms with Gasteiger partial charge in [0.1, 0.15) is 0 Å². The standard InChI is InChI=1S/C7H6I.C2H4O2.Sn/c1-6-2-4-7(8)5-3-6;1-2(3)4;/h2-5H,1H2;1H3,(H,3,4);/q;;+1/p-1. The number of carbonyl (C=O) groups excluding carboxylic acids is 1. The van der Waals surface area contributed by atoms with E-state index in [0.717, 1.165) is 4.44 Å². The van der Waals surface area contributed by atoms with Crippen LogP contribution in [0, 0.1) is 3.57 Å². The molecule has 0 unspecified atom stereocenters. The Kier molecular flexibility index (Phi) is 5.08. The van der Waals surface area contributed by atoms with Gasteiger partial charge in [0.15, 0.2) is 0 Å². The second kappa shape index (κ2) is 5.85. The molecule has 0 saturated heterocycles. The van der Waals surface area contributed by atoms with Crippen LogP contribution in [0.1, 0.15) is 12.5 Å². The minimum absolute atomic E-state index is 0.142. The normalized spacial score (nSPS) is 9.69. The van der Waals surface area contributed by atoms with Gasteiger partial charge >= 0.3 is 103 Å². The van der Waals surface area contributed by atoms with E-state index in [-0.39, 0.29) is 5.97 Å². The number of benzene rings is 1. The monoisotopic (exact) mass is 396 g/mol. The van der Waals surface area contributed by atoms with Gasteiger partial charge in [-0.3, -0.25) is 0 Å². The Morgan fingerprint density at radius 3 is 2.62 bits per heavy atom. The van der Waals surface area contributed by atoms with Crippen LogP contribution in [0.15, 0.2) is 24.3 Å². The Morgan fingerprint density at radius 1 is 1.46 bits per heavy atom. The van der Waals surface area contributed by atoms with E-state index in [2.05, 4.69) is 46.9 Å². The van der Waals surface area contributed by atoms with E-state index in [1.807, 2.05) is 0 Å². The first-order valence-electron chi connectivity index (χ1n) is 3.83. The van der Waals surface area contributed by atoms with Crippen molar-refractivity contribution in [2.45, 2.75) is 11.4 Å². The number of rotatable bonds is 3. The second-order valence-electron chi connectivity index (χ2n) is 2.54. The van der Waals surface area contributed by atoms with Crippen LogP contribution >= 0.6 is 22.6 Å². The molecule has 0 heterocycles. The topological polar surface area (TPSA) is 26.3 Å². The fourth-order valence-electron chi connectivity index (χ4n) is 0.823. The maximum absolute atomic E-state index is 10.5. The average molecular weight is 395 g/mol. The molecule has 1 aromatic rings. The minimum atomic E-state index is -0.960. The number of carbonyl (C=O) groups is 1. The van der Waals surface area contributed by atoms with E-state index in [1.54, 1.807) is 0 Å². The second-order valence-corrected chi connectivity index (χ2v) is 6.20. The van der Waals surface area contributed by atoms with Crippen molar-refractivity contribution in [1.82, 2.24) is 0 Å². The van der Waals surface area contributed by atoms with Crippen LogP contribution in [-0.2, 0) is 12.3 Å². The Balaban J connectivity index is 2.37. The van der Waals surface area contributed by atoms with Gasteiger partial charge in [-0.25, -0.2) is 0 Å². The van der Waals surface area contributed by atoms with Crippen molar-refractivity contribution in [1.29, 1.82) is 0 Å². The van der Waals surface area contributed by atoms with Gasteiger partial charge in [-0.2, -0.15) is 0 Å². The summed E-state index contributed by atoms with van der Waals surface area (Å²) in [6.45, 7) is 1.47. The average Bonchev–Trinajstić information content (AvgIpc) is 2.08. The Morgan fingerprint density at radius 2 is 2.08 bits per heavy atom. The van der Waals surface area contributed by atoms with Gasteiger partial charge in [-0.05, 0) is 0 Å². The summed E-state index contributed by atoms with van der Waals surface area (Å²) >= 11 is 1.31. The van der Waals surface area contributed by atoms with E-state index < -0.39 is 21.6 Å². The molecule has 0 atom stereocenters. The predicted molar refractivity (Wildman–Crippen MR) is 60.4 cm³/mol. The summed E-state index contributed by atoms with van der Waals surface area (Å²) < 4.78 is 7.20. The van der Waals surface area contributed by atoms with Gasteiger partial charge in [0.05, 0.1) is 0 Å². The zero-order valence-corrected chi connectivity index (χ0v) is 12.2. The first-order chi connectivity index (χ1) is 6.18. The molecule has 2 nitrogen and oxygen atoms in total. The molecule has 0 aliphatic rings. The molecule has 68 valence electrons. The zero-order chi connectivity index (χ0) is 9.68. The van der Waals surface area contributed by atoms with Crippen molar-refractivity contribution >= 4 is 50.1 Å². The third kappa shape index (κ3) is 4.85. The van der Waals surface area contributed by atoms with Crippen molar-refractivity contribution in [3.8, 4) is 0 Å². The van der Waals surface area contributed by atoms with Gasteiger partial charge in [-0.1, -0.05) is 0 Å². The van der Waals surface area contributed by atoms with Crippen LogP contribution in [0.25, 0.3) is 0 Å². The van der Waals surface area contributed by atoms with Gasteiger partial charge in [0.2, 0.25) is 0 Å². The predicted octanol–water partition coefficient (Wildman–Crippen LogP) is 1.97. The summed E-state index contributed by atoms with van der Waals surface area (Å²) in [6.07, 6.45) is 0. The van der Waals surface area contributed by atoms with E-state index in [0.29, 0.717) is 0 Å². The zero-order valence-electron chi connectivity index (χ0n) is 7.21. The van der Waals surface area contributed by atoms with Gasteiger partial charge in [0.25, 0.3) is 0 Å². The Labute approximate surface area is 102 Å². The quantitative estimate of drug-likeness (QED) is 0.579. The van der Waals surface area contributed by atoms with Crippen LogP contribution in [0.4, 0.5) is 0 Å². The van der Waals surface area contributed by atoms with Crippen molar-refractivity contribution in [3.05, 3.63) is 33.4 Å². The fraction of sp³-hybridized carbons (Fsp3) is 0.222. The third-order valence-corrected chi connectivity index (χ3v) is 4.93. The summed E-state index contributed by atoms with van der Waals surface area (Å²) in [7, 11) is 0. The first-order valence-corrected chi connectivity index (χ1v) is 8.09. The van der Waals surface area contributed by atoms with E-state index >= 15 is 0 Å². The Hall–Kier alpha value is 0.219. The molecular weight excluding hydrogens is 386 g/mol. The summed E-state index contributed by atoms with van der Waals surface area (Å²) in [4.78, 5) is 10.5. The molecule has 0 fully saturated rings. The molecule has 0 spiro atoms. The molecule has 0 amide bonds. The molecule has 0 saturated carbocycles. The first kappa shape index (κ1) is 11.3. The van der Waals surface area contributed by atoms with Crippen molar-refractivity contribution in [3.63, 3.8) is 0 Å². The van der Waals surface area contributed by atoms with Crippen LogP contribution < -0.4 is 0 Å². The molecular formula is C9H9IO2Sn. The molecule has 1 aromatic carbocycles. The molecule has 0 bridgehead atoms. The summed E-state index contributed by atoms with van der Waals surface area (Å²) in [6, 6.07) is 8.32. The summed E-state index contributed by atoms with van der Waals surface area (Å²) in [5.41, 5.74) is 1.27. The summed E-state index contributed by atoms with van der Waals surface area (Å²) in [5.74, 6) is -0.142. The van der Waals surface area contributed by atoms with Crippen LogP contribution in [-0.4, -0.2) is 27.5 Å². The third-order valence-electron chi connectivity index (χ3n) is 1.41. The molecule has 4 heteroatoms. The Bertz CT molecular complexity index is 284. The number of halogens is 1. The number of hydrogen-bond donors (Lipinski definition) is 0.